The first-order valence-corrected chi connectivity index (χ1v) is 3.97. The van der Waals surface area contributed by atoms with Gasteiger partial charge in [0.2, 0.25) is 5.91 Å². The molecule has 1 heterocycles. The topological polar surface area (TPSA) is 44.2 Å². The van der Waals surface area contributed by atoms with Crippen LogP contribution in [0, 0.1) is 5.41 Å². The lowest BCUT2D eigenvalue weighted by Crippen LogP contribution is -2.37. The fraction of sp³-hybridized carbons (Fsp3) is 0.600. The molecule has 0 aromatic rings. The fourth-order valence-corrected chi connectivity index (χ4v) is 1.48. The van der Waals surface area contributed by atoms with Crippen molar-refractivity contribution in [3.63, 3.8) is 0 Å². The first-order chi connectivity index (χ1) is 5.40. The Morgan fingerprint density at radius 2 is 2.17 bits per heavy atom. The van der Waals surface area contributed by atoms with E-state index in [1.807, 2.05) is 0 Å². The van der Waals surface area contributed by atoms with E-state index in [0.717, 1.165) is 11.8 Å². The fourth-order valence-electron chi connectivity index (χ4n) is 0.738. The highest BCUT2D eigenvalue weighted by Crippen LogP contribution is 2.23. The summed E-state index contributed by atoms with van der Waals surface area (Å²) in [7, 11) is 0. The molecule has 1 rings (SSSR count). The van der Waals surface area contributed by atoms with Gasteiger partial charge in [-0.25, -0.2) is 0 Å². The van der Waals surface area contributed by atoms with Gasteiger partial charge in [0.1, 0.15) is 6.54 Å². The highest BCUT2D eigenvalue weighted by molar-refractivity contribution is 8.14. The smallest absolute Gasteiger partial charge is 0.282 e. The average Bonchev–Trinajstić information content (AvgIpc) is 2.16. The number of rotatable bonds is 1. The van der Waals surface area contributed by atoms with Crippen molar-refractivity contribution in [3.05, 3.63) is 0 Å². The van der Waals surface area contributed by atoms with Crippen molar-refractivity contribution in [2.75, 3.05) is 12.3 Å². The summed E-state index contributed by atoms with van der Waals surface area (Å²) in [6.45, 7) is -1.35. The van der Waals surface area contributed by atoms with Crippen LogP contribution in [0.4, 0.5) is 13.2 Å². The van der Waals surface area contributed by atoms with Gasteiger partial charge >= 0.3 is 6.18 Å². The van der Waals surface area contributed by atoms with Crippen LogP contribution in [0.3, 0.4) is 0 Å². The maximum Gasteiger partial charge on any atom is 0.406 e. The van der Waals surface area contributed by atoms with Gasteiger partial charge in [-0.05, 0) is 0 Å². The highest BCUT2D eigenvalue weighted by atomic mass is 32.2. The number of carbonyl (C=O) groups is 1. The summed E-state index contributed by atoms with van der Waals surface area (Å²) in [4.78, 5) is 11.2. The molecule has 0 aromatic carbocycles. The van der Waals surface area contributed by atoms with Crippen LogP contribution >= 0.6 is 11.8 Å². The predicted octanol–water partition coefficient (Wildman–Crippen LogP) is 1.06. The van der Waals surface area contributed by atoms with Gasteiger partial charge in [0, 0.05) is 0 Å². The molecule has 0 bridgehead atoms. The summed E-state index contributed by atoms with van der Waals surface area (Å²) in [6.07, 6.45) is -4.42. The summed E-state index contributed by atoms with van der Waals surface area (Å²) >= 11 is 0.814. The number of amidine groups is 1. The number of amides is 1. The van der Waals surface area contributed by atoms with E-state index in [0.29, 0.717) is 4.90 Å². The average molecular weight is 198 g/mol. The van der Waals surface area contributed by atoms with Gasteiger partial charge in [0.25, 0.3) is 0 Å². The summed E-state index contributed by atoms with van der Waals surface area (Å²) in [5.74, 6) is -0.711. The first kappa shape index (κ1) is 9.37. The van der Waals surface area contributed by atoms with Crippen LogP contribution in [0.2, 0.25) is 0 Å². The lowest BCUT2D eigenvalue weighted by molar-refractivity contribution is -0.150. The molecule has 1 amide bonds. The van der Waals surface area contributed by atoms with Gasteiger partial charge in [-0.3, -0.25) is 15.1 Å². The quantitative estimate of drug-likeness (QED) is 0.684. The summed E-state index contributed by atoms with van der Waals surface area (Å²) in [5.41, 5.74) is 0. The Bertz CT molecular complexity index is 211. The third-order valence-corrected chi connectivity index (χ3v) is 2.10. The third kappa shape index (κ3) is 2.13. The molecule has 0 radical (unpaired) electrons. The molecular formula is C5H5F3N2OS. The summed E-state index contributed by atoms with van der Waals surface area (Å²) < 4.78 is 35.3. The number of hydrogen-bond donors (Lipinski definition) is 1. The van der Waals surface area contributed by atoms with Crippen LogP contribution in [0.25, 0.3) is 0 Å². The van der Waals surface area contributed by atoms with Crippen LogP contribution in [0.15, 0.2) is 0 Å². The van der Waals surface area contributed by atoms with E-state index in [2.05, 4.69) is 0 Å². The van der Waals surface area contributed by atoms with E-state index in [1.165, 1.54) is 0 Å². The van der Waals surface area contributed by atoms with Gasteiger partial charge in [0.15, 0.2) is 5.17 Å². The van der Waals surface area contributed by atoms with E-state index >= 15 is 0 Å². The Morgan fingerprint density at radius 1 is 1.58 bits per heavy atom. The first-order valence-electron chi connectivity index (χ1n) is 2.98. The minimum Gasteiger partial charge on any atom is -0.282 e. The second kappa shape index (κ2) is 2.96. The van der Waals surface area contributed by atoms with Crippen LogP contribution < -0.4 is 0 Å². The monoisotopic (exact) mass is 198 g/mol. The van der Waals surface area contributed by atoms with Crippen molar-refractivity contribution >= 4 is 22.8 Å². The number of thioether (sulfide) groups is 1. The normalized spacial score (nSPS) is 19.1. The van der Waals surface area contributed by atoms with E-state index in [1.54, 1.807) is 0 Å². The maximum atomic E-state index is 11.8. The van der Waals surface area contributed by atoms with E-state index in [4.69, 9.17) is 5.41 Å². The Labute approximate surface area is 70.4 Å². The molecule has 1 aliphatic rings. The van der Waals surface area contributed by atoms with Crippen molar-refractivity contribution in [3.8, 4) is 0 Å². The molecule has 0 aromatic heterocycles. The van der Waals surface area contributed by atoms with Crippen LogP contribution in [0.1, 0.15) is 0 Å². The maximum absolute atomic E-state index is 11.8. The van der Waals surface area contributed by atoms with E-state index in [9.17, 15) is 18.0 Å². The Morgan fingerprint density at radius 3 is 2.50 bits per heavy atom. The van der Waals surface area contributed by atoms with Gasteiger partial charge in [-0.2, -0.15) is 13.2 Å². The van der Waals surface area contributed by atoms with Crippen molar-refractivity contribution in [2.45, 2.75) is 6.18 Å². The van der Waals surface area contributed by atoms with Crippen molar-refractivity contribution in [1.29, 1.82) is 5.41 Å². The van der Waals surface area contributed by atoms with Crippen LogP contribution in [-0.2, 0) is 4.79 Å². The number of hydrogen-bond acceptors (Lipinski definition) is 3. The molecule has 68 valence electrons. The standard InChI is InChI=1S/C5H5F3N2OS/c6-5(7,8)2-10-3(11)1-12-4(10)9/h9H,1-2H2. The van der Waals surface area contributed by atoms with Crippen molar-refractivity contribution < 1.29 is 18.0 Å². The van der Waals surface area contributed by atoms with Crippen molar-refractivity contribution in [1.82, 2.24) is 4.90 Å². The number of halogens is 3. The molecule has 1 N–H and O–H groups in total. The molecule has 0 unspecified atom stereocenters. The lowest BCUT2D eigenvalue weighted by Gasteiger charge is -2.16. The van der Waals surface area contributed by atoms with Crippen LogP contribution in [-0.4, -0.2) is 34.4 Å². The number of nitrogens with one attached hydrogen (secondary N) is 1. The Balaban J connectivity index is 2.62. The minimum atomic E-state index is -4.42. The molecular weight excluding hydrogens is 193 g/mol. The number of nitrogens with zero attached hydrogens (tertiary/aromatic N) is 1. The van der Waals surface area contributed by atoms with Gasteiger partial charge < -0.3 is 0 Å². The second-order valence-corrected chi connectivity index (χ2v) is 3.15. The molecule has 0 atom stereocenters. The zero-order valence-electron chi connectivity index (χ0n) is 5.81. The summed E-state index contributed by atoms with van der Waals surface area (Å²) in [5, 5.41) is 6.66. The molecule has 1 aliphatic heterocycles. The zero-order valence-corrected chi connectivity index (χ0v) is 6.63. The third-order valence-electron chi connectivity index (χ3n) is 1.22. The number of carbonyl (C=O) groups excluding carboxylic acids is 1. The van der Waals surface area contributed by atoms with Gasteiger partial charge in [-0.15, -0.1) is 0 Å². The van der Waals surface area contributed by atoms with E-state index in [-0.39, 0.29) is 10.9 Å². The van der Waals surface area contributed by atoms with E-state index < -0.39 is 18.6 Å². The molecule has 0 saturated carbocycles. The number of alkyl halides is 3. The minimum absolute atomic E-state index is 0.0606. The second-order valence-electron chi connectivity index (χ2n) is 2.19. The molecule has 12 heavy (non-hydrogen) atoms. The largest absolute Gasteiger partial charge is 0.406 e. The lowest BCUT2D eigenvalue weighted by atomic mass is 10.5. The zero-order chi connectivity index (χ0) is 9.35. The summed E-state index contributed by atoms with van der Waals surface area (Å²) in [6, 6.07) is 0. The highest BCUT2D eigenvalue weighted by Gasteiger charge is 2.37. The molecule has 3 nitrogen and oxygen atoms in total. The molecule has 1 fully saturated rings. The molecule has 0 spiro atoms. The van der Waals surface area contributed by atoms with Gasteiger partial charge in [-0.1, -0.05) is 11.8 Å². The Kier molecular flexibility index (Phi) is 2.31. The molecule has 0 aliphatic carbocycles. The predicted molar refractivity (Wildman–Crippen MR) is 38.0 cm³/mol. The van der Waals surface area contributed by atoms with Crippen molar-refractivity contribution in [2.24, 2.45) is 0 Å². The van der Waals surface area contributed by atoms with Gasteiger partial charge in [0.05, 0.1) is 5.75 Å². The molecule has 1 saturated heterocycles. The Hall–Kier alpha value is -0.720. The van der Waals surface area contributed by atoms with Crippen LogP contribution in [0.5, 0.6) is 0 Å². The SMILES string of the molecule is N=C1SCC(=O)N1CC(F)(F)F. The molecule has 7 heteroatoms.